The molecule has 2 unspecified atom stereocenters. The van der Waals surface area contributed by atoms with E-state index in [9.17, 15) is 0 Å². The van der Waals surface area contributed by atoms with E-state index in [4.69, 9.17) is 21.6 Å². The van der Waals surface area contributed by atoms with Crippen LogP contribution in [0.5, 0.6) is 0 Å². The average molecular weight is 305 g/mol. The van der Waals surface area contributed by atoms with E-state index < -0.39 is 0 Å². The number of nitrogens with zero attached hydrogens (tertiary/aromatic N) is 1. The fourth-order valence-corrected chi connectivity index (χ4v) is 4.15. The first-order chi connectivity index (χ1) is 10.2. The van der Waals surface area contributed by atoms with Gasteiger partial charge in [0.1, 0.15) is 0 Å². The third-order valence-corrected chi connectivity index (χ3v) is 5.44. The SMILES string of the molecule is CCOC1CC(Nc2cc(C#N)ccc2Cl)C12CCCC2. The molecule has 21 heavy (non-hydrogen) atoms. The number of nitrogens with one attached hydrogen (secondary N) is 1. The number of hydrogen-bond acceptors (Lipinski definition) is 3. The van der Waals surface area contributed by atoms with E-state index >= 15 is 0 Å². The Morgan fingerprint density at radius 1 is 1.43 bits per heavy atom. The van der Waals surface area contributed by atoms with Gasteiger partial charge in [0.05, 0.1) is 28.4 Å². The summed E-state index contributed by atoms with van der Waals surface area (Å²) in [6.07, 6.45) is 6.43. The summed E-state index contributed by atoms with van der Waals surface area (Å²) in [6, 6.07) is 7.97. The van der Waals surface area contributed by atoms with Crippen LogP contribution in [0.25, 0.3) is 0 Å². The molecule has 0 heterocycles. The largest absolute Gasteiger partial charge is 0.380 e. The molecule has 0 aromatic heterocycles. The normalized spacial score (nSPS) is 26.3. The van der Waals surface area contributed by atoms with E-state index in [-0.39, 0.29) is 5.41 Å². The van der Waals surface area contributed by atoms with Gasteiger partial charge in [0.2, 0.25) is 0 Å². The van der Waals surface area contributed by atoms with Crippen LogP contribution in [0.15, 0.2) is 18.2 Å². The molecule has 1 N–H and O–H groups in total. The van der Waals surface area contributed by atoms with Crippen LogP contribution >= 0.6 is 11.6 Å². The van der Waals surface area contributed by atoms with Crippen molar-refractivity contribution in [1.29, 1.82) is 5.26 Å². The fourth-order valence-electron chi connectivity index (χ4n) is 3.98. The van der Waals surface area contributed by atoms with Gasteiger partial charge in [-0.15, -0.1) is 0 Å². The lowest BCUT2D eigenvalue weighted by Gasteiger charge is -2.54. The third-order valence-electron chi connectivity index (χ3n) is 5.11. The van der Waals surface area contributed by atoms with Crippen molar-refractivity contribution in [3.8, 4) is 6.07 Å². The molecule has 1 aromatic rings. The zero-order chi connectivity index (χ0) is 14.9. The van der Waals surface area contributed by atoms with Crippen LogP contribution in [0.3, 0.4) is 0 Å². The van der Waals surface area contributed by atoms with Crippen molar-refractivity contribution in [3.63, 3.8) is 0 Å². The molecule has 0 saturated heterocycles. The summed E-state index contributed by atoms with van der Waals surface area (Å²) in [6.45, 7) is 2.85. The zero-order valence-electron chi connectivity index (χ0n) is 12.4. The summed E-state index contributed by atoms with van der Waals surface area (Å²) in [5.41, 5.74) is 1.78. The minimum absolute atomic E-state index is 0.266. The highest BCUT2D eigenvalue weighted by Crippen LogP contribution is 2.55. The van der Waals surface area contributed by atoms with Crippen molar-refractivity contribution in [2.75, 3.05) is 11.9 Å². The Labute approximate surface area is 131 Å². The smallest absolute Gasteiger partial charge is 0.0992 e. The molecular weight excluding hydrogens is 284 g/mol. The number of rotatable bonds is 4. The lowest BCUT2D eigenvalue weighted by Crippen LogP contribution is -2.60. The summed E-state index contributed by atoms with van der Waals surface area (Å²) >= 11 is 6.27. The standard InChI is InChI=1S/C17H21ClN2O/c1-2-21-16-10-15(17(16)7-3-4-8-17)20-14-9-12(11-19)5-6-13(14)18/h5-6,9,15-16,20H,2-4,7-8,10H2,1H3. The number of anilines is 1. The highest BCUT2D eigenvalue weighted by atomic mass is 35.5. The Bertz CT molecular complexity index is 560. The maximum absolute atomic E-state index is 9.03. The van der Waals surface area contributed by atoms with E-state index in [1.807, 2.05) is 6.07 Å². The monoisotopic (exact) mass is 304 g/mol. The van der Waals surface area contributed by atoms with Gasteiger partial charge in [0.15, 0.2) is 0 Å². The first-order valence-corrected chi connectivity index (χ1v) is 8.15. The molecule has 3 rings (SSSR count). The fraction of sp³-hybridized carbons (Fsp3) is 0.588. The van der Waals surface area contributed by atoms with E-state index in [1.165, 1.54) is 25.7 Å². The molecule has 3 nitrogen and oxygen atoms in total. The molecule has 0 radical (unpaired) electrons. The lowest BCUT2D eigenvalue weighted by atomic mass is 9.60. The van der Waals surface area contributed by atoms with Gasteiger partial charge in [0.25, 0.3) is 0 Å². The predicted molar refractivity (Wildman–Crippen MR) is 84.5 cm³/mol. The van der Waals surface area contributed by atoms with Crippen LogP contribution in [-0.4, -0.2) is 18.8 Å². The molecule has 2 aliphatic carbocycles. The van der Waals surface area contributed by atoms with Crippen molar-refractivity contribution in [1.82, 2.24) is 0 Å². The van der Waals surface area contributed by atoms with Gasteiger partial charge in [-0.1, -0.05) is 24.4 Å². The lowest BCUT2D eigenvalue weighted by molar-refractivity contribution is -0.114. The van der Waals surface area contributed by atoms with Crippen molar-refractivity contribution >= 4 is 17.3 Å². The minimum atomic E-state index is 0.266. The highest BCUT2D eigenvalue weighted by Gasteiger charge is 2.56. The summed E-state index contributed by atoms with van der Waals surface area (Å²) in [4.78, 5) is 0. The van der Waals surface area contributed by atoms with Gasteiger partial charge in [-0.05, 0) is 44.4 Å². The van der Waals surface area contributed by atoms with Crippen LogP contribution in [0.2, 0.25) is 5.02 Å². The Morgan fingerprint density at radius 2 is 2.19 bits per heavy atom. The summed E-state index contributed by atoms with van der Waals surface area (Å²) in [7, 11) is 0. The zero-order valence-corrected chi connectivity index (χ0v) is 13.1. The molecule has 0 bridgehead atoms. The molecular formula is C17H21ClN2O. The summed E-state index contributed by atoms with van der Waals surface area (Å²) in [5.74, 6) is 0. The van der Waals surface area contributed by atoms with Gasteiger partial charge < -0.3 is 10.1 Å². The van der Waals surface area contributed by atoms with E-state index in [1.54, 1.807) is 12.1 Å². The van der Waals surface area contributed by atoms with Gasteiger partial charge in [-0.25, -0.2) is 0 Å². The van der Waals surface area contributed by atoms with Crippen LogP contribution in [-0.2, 0) is 4.74 Å². The molecule has 2 aliphatic rings. The molecule has 2 saturated carbocycles. The van der Waals surface area contributed by atoms with E-state index in [2.05, 4.69) is 18.3 Å². The van der Waals surface area contributed by atoms with Crippen molar-refractivity contribution in [2.24, 2.45) is 5.41 Å². The number of hydrogen-bond donors (Lipinski definition) is 1. The van der Waals surface area contributed by atoms with Gasteiger partial charge in [0, 0.05) is 18.1 Å². The summed E-state index contributed by atoms with van der Waals surface area (Å²) < 4.78 is 5.93. The minimum Gasteiger partial charge on any atom is -0.380 e. The highest BCUT2D eigenvalue weighted by molar-refractivity contribution is 6.33. The molecule has 1 aromatic carbocycles. The van der Waals surface area contributed by atoms with Crippen molar-refractivity contribution in [3.05, 3.63) is 28.8 Å². The first kappa shape index (κ1) is 14.7. The Morgan fingerprint density at radius 3 is 2.86 bits per heavy atom. The number of halogens is 1. The van der Waals surface area contributed by atoms with Crippen molar-refractivity contribution < 1.29 is 4.74 Å². The quantitative estimate of drug-likeness (QED) is 0.899. The number of benzene rings is 1. The molecule has 4 heteroatoms. The van der Waals surface area contributed by atoms with Gasteiger partial charge >= 0.3 is 0 Å². The summed E-state index contributed by atoms with van der Waals surface area (Å²) in [5, 5.41) is 13.3. The van der Waals surface area contributed by atoms with Crippen molar-refractivity contribution in [2.45, 2.75) is 51.2 Å². The predicted octanol–water partition coefficient (Wildman–Crippen LogP) is 4.36. The Hall–Kier alpha value is -1.24. The number of ether oxygens (including phenoxy) is 1. The maximum Gasteiger partial charge on any atom is 0.0992 e. The Kier molecular flexibility index (Phi) is 4.10. The van der Waals surface area contributed by atoms with E-state index in [0.717, 1.165) is 18.7 Å². The third kappa shape index (κ3) is 2.52. The van der Waals surface area contributed by atoms with Crippen LogP contribution in [0.1, 0.15) is 44.6 Å². The molecule has 0 aliphatic heterocycles. The number of nitriles is 1. The first-order valence-electron chi connectivity index (χ1n) is 7.77. The molecule has 2 fully saturated rings. The second-order valence-electron chi connectivity index (χ2n) is 6.12. The molecule has 1 spiro atoms. The second-order valence-corrected chi connectivity index (χ2v) is 6.53. The van der Waals surface area contributed by atoms with Gasteiger partial charge in [-0.3, -0.25) is 0 Å². The maximum atomic E-state index is 9.03. The molecule has 112 valence electrons. The van der Waals surface area contributed by atoms with E-state index in [0.29, 0.717) is 22.7 Å². The van der Waals surface area contributed by atoms with Crippen LogP contribution in [0, 0.1) is 16.7 Å². The van der Waals surface area contributed by atoms with Crippen LogP contribution < -0.4 is 5.32 Å². The van der Waals surface area contributed by atoms with Crippen LogP contribution in [0.4, 0.5) is 5.69 Å². The second kappa shape index (κ2) is 5.87. The topological polar surface area (TPSA) is 45.0 Å². The Balaban J connectivity index is 1.78. The molecule has 0 amide bonds. The molecule has 2 atom stereocenters. The average Bonchev–Trinajstić information content (AvgIpc) is 3.00. The van der Waals surface area contributed by atoms with Gasteiger partial charge in [-0.2, -0.15) is 5.26 Å².